The maximum Gasteiger partial charge on any atom is 0.250 e. The van der Waals surface area contributed by atoms with Crippen molar-refractivity contribution in [3.05, 3.63) is 23.1 Å². The van der Waals surface area contributed by atoms with Crippen LogP contribution in [0.25, 0.3) is 10.4 Å². The molecular weight excluding hydrogens is 428 g/mol. The van der Waals surface area contributed by atoms with E-state index in [0.717, 1.165) is 14.7 Å². The molecule has 0 aromatic carbocycles. The largest absolute Gasteiger partial charge is 0.543 e. The molecule has 1 saturated heterocycles. The molecule has 0 radical (unpaired) electrons. The molecule has 11 heteroatoms. The van der Waals surface area contributed by atoms with E-state index in [4.69, 9.17) is 5.73 Å². The molecular formula is C19H24N4O5S2. The number of nitrogens with two attached hydrogens (primary N) is 1. The van der Waals surface area contributed by atoms with Crippen LogP contribution in [0.5, 0.6) is 0 Å². The van der Waals surface area contributed by atoms with Crippen LogP contribution in [0.4, 0.5) is 0 Å². The molecule has 2 aliphatic rings. The molecule has 2 aromatic heterocycles. The molecule has 5 atom stereocenters. The Morgan fingerprint density at radius 3 is 2.73 bits per heavy atom. The van der Waals surface area contributed by atoms with Crippen molar-refractivity contribution in [3.8, 4) is 0 Å². The highest BCUT2D eigenvalue weighted by Crippen LogP contribution is 2.51. The van der Waals surface area contributed by atoms with Gasteiger partial charge in [0.15, 0.2) is 0 Å². The van der Waals surface area contributed by atoms with Crippen LogP contribution in [0.3, 0.4) is 0 Å². The summed E-state index contributed by atoms with van der Waals surface area (Å²) < 4.78 is 3.81. The third kappa shape index (κ3) is 2.83. The predicted octanol–water partition coefficient (Wildman–Crippen LogP) is -1.18. The van der Waals surface area contributed by atoms with Gasteiger partial charge in [0.1, 0.15) is 12.2 Å². The molecule has 2 aromatic rings. The first kappa shape index (κ1) is 21.3. The Morgan fingerprint density at radius 1 is 1.50 bits per heavy atom. The van der Waals surface area contributed by atoms with Crippen molar-refractivity contribution in [2.75, 3.05) is 19.4 Å². The fourth-order valence-corrected chi connectivity index (χ4v) is 6.87. The summed E-state index contributed by atoms with van der Waals surface area (Å²) in [6.45, 7) is 3.63. The Bertz CT molecular complexity index is 1050. The van der Waals surface area contributed by atoms with Gasteiger partial charge in [-0.3, -0.25) is 4.79 Å². The molecule has 1 amide bonds. The minimum absolute atomic E-state index is 0.0874. The Labute approximate surface area is 181 Å². The second-order valence-corrected chi connectivity index (χ2v) is 9.54. The number of aliphatic carboxylic acids is 1. The van der Waals surface area contributed by atoms with E-state index in [9.17, 15) is 24.9 Å². The fraction of sp³-hybridized carbons (Fsp3) is 0.526. The lowest BCUT2D eigenvalue weighted by Crippen LogP contribution is -2.64. The molecule has 4 N–H and O–H groups in total. The van der Waals surface area contributed by atoms with Gasteiger partial charge in [0.05, 0.1) is 41.2 Å². The number of carbonyl (C=O) groups is 2. The van der Waals surface area contributed by atoms with Crippen molar-refractivity contribution < 1.29 is 29.5 Å². The number of carboxylic acid groups (broad SMARTS) is 1. The van der Waals surface area contributed by atoms with Crippen molar-refractivity contribution in [1.82, 2.24) is 9.30 Å². The van der Waals surface area contributed by atoms with Gasteiger partial charge in [-0.25, -0.2) is 4.57 Å². The molecule has 4 rings (SSSR count). The Kier molecular flexibility index (Phi) is 5.43. The number of aromatic nitrogens is 2. The van der Waals surface area contributed by atoms with E-state index < -0.39 is 18.0 Å². The summed E-state index contributed by atoms with van der Waals surface area (Å²) >= 11 is 2.94. The summed E-state index contributed by atoms with van der Waals surface area (Å²) in [7, 11) is 0. The van der Waals surface area contributed by atoms with Crippen LogP contribution in [0.15, 0.2) is 23.2 Å². The molecule has 4 heterocycles. The van der Waals surface area contributed by atoms with Crippen LogP contribution in [0.1, 0.15) is 24.8 Å². The second kappa shape index (κ2) is 7.65. The average Bonchev–Trinajstić information content (AvgIpc) is 3.30. The molecule has 0 bridgehead atoms. The third-order valence-corrected chi connectivity index (χ3v) is 8.13. The first-order valence-electron chi connectivity index (χ1n) is 9.64. The van der Waals surface area contributed by atoms with Crippen LogP contribution in [-0.2, 0) is 9.59 Å². The number of aliphatic hydroxyl groups excluding tert-OH is 2. The van der Waals surface area contributed by atoms with Gasteiger partial charge < -0.3 is 30.7 Å². The van der Waals surface area contributed by atoms with E-state index in [2.05, 4.69) is 0 Å². The van der Waals surface area contributed by atoms with Gasteiger partial charge in [-0.1, -0.05) is 30.0 Å². The number of nitrogens with zero attached hydrogens (tertiary/aromatic N) is 3. The van der Waals surface area contributed by atoms with Gasteiger partial charge in [-0.2, -0.15) is 4.40 Å². The number of hydrogen-bond donors (Lipinski definition) is 3. The number of rotatable bonds is 7. The number of amides is 1. The van der Waals surface area contributed by atoms with Crippen molar-refractivity contribution in [2.24, 2.45) is 17.6 Å². The number of carboxylic acids is 1. The lowest BCUT2D eigenvalue weighted by molar-refractivity contribution is -0.753. The topological polar surface area (TPSA) is 135 Å². The van der Waals surface area contributed by atoms with Gasteiger partial charge in [0.25, 0.3) is 6.33 Å². The summed E-state index contributed by atoms with van der Waals surface area (Å²) in [4.78, 5) is 27.4. The van der Waals surface area contributed by atoms with Gasteiger partial charge in [0.2, 0.25) is 15.8 Å². The van der Waals surface area contributed by atoms with Crippen molar-refractivity contribution >= 4 is 45.4 Å². The van der Waals surface area contributed by atoms with E-state index in [1.165, 1.54) is 28.0 Å². The van der Waals surface area contributed by atoms with Gasteiger partial charge >= 0.3 is 0 Å². The van der Waals surface area contributed by atoms with E-state index >= 15 is 0 Å². The molecule has 0 saturated carbocycles. The summed E-state index contributed by atoms with van der Waals surface area (Å²) in [6.07, 6.45) is 4.75. The zero-order chi connectivity index (χ0) is 21.9. The lowest BCUT2D eigenvalue weighted by atomic mass is 9.77. The molecule has 1 fully saturated rings. The Morgan fingerprint density at radius 2 is 2.20 bits per heavy atom. The first-order valence-corrected chi connectivity index (χ1v) is 11.7. The number of thioether (sulfide) groups is 1. The maximum atomic E-state index is 12.5. The van der Waals surface area contributed by atoms with Crippen LogP contribution >= 0.6 is 23.1 Å². The molecule has 30 heavy (non-hydrogen) atoms. The number of carbonyl (C=O) groups excluding carboxylic acids is 2. The number of β-lactam (4-membered cyclic amide) rings is 1. The van der Waals surface area contributed by atoms with Gasteiger partial charge in [0, 0.05) is 18.0 Å². The van der Waals surface area contributed by atoms with E-state index in [-0.39, 0.29) is 42.8 Å². The minimum Gasteiger partial charge on any atom is -0.543 e. The number of aliphatic hydroxyl groups is 2. The highest BCUT2D eigenvalue weighted by atomic mass is 32.2. The summed E-state index contributed by atoms with van der Waals surface area (Å²) in [5.74, 6) is -2.64. The van der Waals surface area contributed by atoms with Crippen molar-refractivity contribution in [2.45, 2.75) is 37.1 Å². The summed E-state index contributed by atoms with van der Waals surface area (Å²) in [5.41, 5.74) is 6.24. The Hall–Kier alpha value is -1.92. The molecule has 9 nitrogen and oxygen atoms in total. The lowest BCUT2D eigenvalue weighted by Gasteiger charge is -2.47. The minimum atomic E-state index is -1.39. The molecule has 162 valence electrons. The monoisotopic (exact) mass is 452 g/mol. The SMILES string of the molecule is CSc1c2sc(C3=C(C(=O)[O-])N4C(=O)[C@H]([C@@H](C)O)[C@H]4[C@H]3C)cn2c[n+]1[C@@H](CN)CO. The van der Waals surface area contributed by atoms with Crippen LogP contribution in [0.2, 0.25) is 0 Å². The molecule has 0 spiro atoms. The number of hydrogen-bond acceptors (Lipinski definition) is 8. The first-order chi connectivity index (χ1) is 14.3. The van der Waals surface area contributed by atoms with Crippen molar-refractivity contribution in [1.29, 1.82) is 0 Å². The summed E-state index contributed by atoms with van der Waals surface area (Å²) in [6, 6.07) is -0.638. The molecule has 2 aliphatic heterocycles. The second-order valence-electron chi connectivity index (χ2n) is 7.72. The number of thiazole rings is 1. The number of fused-ring (bicyclic) bond motifs is 2. The quantitative estimate of drug-likeness (QED) is 0.273. The van der Waals surface area contributed by atoms with E-state index in [1.54, 1.807) is 6.92 Å². The predicted molar refractivity (Wildman–Crippen MR) is 109 cm³/mol. The van der Waals surface area contributed by atoms with Crippen molar-refractivity contribution in [3.63, 3.8) is 0 Å². The maximum absolute atomic E-state index is 12.5. The van der Waals surface area contributed by atoms with Gasteiger partial charge in [-0.15, -0.1) is 0 Å². The molecule has 0 unspecified atom stereocenters. The van der Waals surface area contributed by atoms with Crippen LogP contribution in [-0.4, -0.2) is 62.9 Å². The number of imidazole rings is 1. The standard InChI is InChI=1S/C19H24N4O5S2/c1-8-12(15(19(27)28)23-14(8)13(9(2)25)16(23)26)11-5-21-7-22(10(4-20)6-24)18(29-3)17(21)30-11/h5,7-10,13-14,24-25H,4,6,20H2,1-3H3/t8-,9+,10-,13+,14+/m0/s1. The molecule has 0 aliphatic carbocycles. The van der Waals surface area contributed by atoms with Crippen LogP contribution in [0, 0.1) is 11.8 Å². The highest BCUT2D eigenvalue weighted by Gasteiger charge is 2.59. The van der Waals surface area contributed by atoms with Gasteiger partial charge in [-0.05, 0) is 13.2 Å². The summed E-state index contributed by atoms with van der Waals surface area (Å²) in [5, 5.41) is 32.5. The zero-order valence-corrected chi connectivity index (χ0v) is 18.4. The Balaban J connectivity index is 1.83. The van der Waals surface area contributed by atoms with E-state index in [1.807, 2.05) is 34.7 Å². The van der Waals surface area contributed by atoms with Crippen LogP contribution < -0.4 is 15.4 Å². The third-order valence-electron chi connectivity index (χ3n) is 6.06. The normalized spacial score (nSPS) is 25.6. The average molecular weight is 453 g/mol. The van der Waals surface area contributed by atoms with E-state index in [0.29, 0.717) is 5.57 Å². The smallest absolute Gasteiger partial charge is 0.250 e. The zero-order valence-electron chi connectivity index (χ0n) is 16.8. The highest BCUT2D eigenvalue weighted by molar-refractivity contribution is 7.98. The fourth-order valence-electron chi connectivity index (χ4n) is 4.64.